The summed E-state index contributed by atoms with van der Waals surface area (Å²) < 4.78 is 24.3. The van der Waals surface area contributed by atoms with Crippen molar-refractivity contribution < 1.29 is 28.0 Å². The van der Waals surface area contributed by atoms with Crippen LogP contribution in [0.15, 0.2) is 29.2 Å². The number of ketones is 1. The Kier molecular flexibility index (Phi) is 5.75. The topological polar surface area (TPSA) is 132 Å². The van der Waals surface area contributed by atoms with Crippen molar-refractivity contribution in [2.45, 2.75) is 24.7 Å². The number of carbonyl (C=O) groups excluding carboxylic acids is 1. The van der Waals surface area contributed by atoms with Crippen molar-refractivity contribution in [1.29, 1.82) is 0 Å². The number of carboxylic acid groups (broad SMARTS) is 1. The van der Waals surface area contributed by atoms with Crippen LogP contribution in [-0.2, 0) is 19.4 Å². The Labute approximate surface area is 126 Å². The van der Waals surface area contributed by atoms with Crippen LogP contribution >= 0.6 is 0 Å². The van der Waals surface area contributed by atoms with Gasteiger partial charge in [-0.15, -0.1) is 0 Å². The first-order valence-corrected chi connectivity index (χ1v) is 7.98. The lowest BCUT2D eigenvalue weighted by atomic mass is 10.0. The van der Waals surface area contributed by atoms with Crippen molar-refractivity contribution >= 4 is 27.3 Å². The van der Waals surface area contributed by atoms with E-state index in [0.717, 1.165) is 24.3 Å². The molecule has 0 aliphatic heterocycles. The predicted molar refractivity (Wildman–Crippen MR) is 76.2 cm³/mol. The van der Waals surface area contributed by atoms with Crippen LogP contribution in [0, 0.1) is 16.0 Å². The maximum atomic E-state index is 12.2. The summed E-state index contributed by atoms with van der Waals surface area (Å²) in [4.78, 5) is 31.7. The van der Waals surface area contributed by atoms with Gasteiger partial charge in [0.05, 0.1) is 21.5 Å². The van der Waals surface area contributed by atoms with Crippen molar-refractivity contribution in [1.82, 2.24) is 0 Å². The second-order valence-corrected chi connectivity index (χ2v) is 6.84. The summed E-state index contributed by atoms with van der Waals surface area (Å²) in [6, 6.07) is 4.21. The van der Waals surface area contributed by atoms with E-state index < -0.39 is 32.4 Å². The quantitative estimate of drug-likeness (QED) is 0.563. The van der Waals surface area contributed by atoms with E-state index in [2.05, 4.69) is 0 Å². The molecule has 0 radical (unpaired) electrons. The molecule has 0 spiro atoms. The molecule has 0 amide bonds. The van der Waals surface area contributed by atoms with Crippen LogP contribution in [0.4, 0.5) is 5.69 Å². The first kappa shape index (κ1) is 17.8. The molecule has 1 atom stereocenters. The van der Waals surface area contributed by atoms with Gasteiger partial charge in [-0.25, -0.2) is 8.42 Å². The third-order valence-electron chi connectivity index (χ3n) is 3.02. The molecule has 1 aromatic carbocycles. The average molecular weight is 329 g/mol. The van der Waals surface area contributed by atoms with Crippen LogP contribution in [0.1, 0.15) is 19.8 Å². The van der Waals surface area contributed by atoms with E-state index in [9.17, 15) is 28.1 Å². The number of Topliss-reactive ketones (excluding diaryl/α,β-unsaturated/α-hetero) is 1. The zero-order chi connectivity index (χ0) is 16.9. The van der Waals surface area contributed by atoms with Gasteiger partial charge in [-0.3, -0.25) is 14.9 Å². The van der Waals surface area contributed by atoms with Crippen molar-refractivity contribution in [2.24, 2.45) is 5.92 Å². The standard InChI is InChI=1S/C13H15NO7S/c1-9(15)2-3-10(13(16)17)8-22(20,21)12-6-4-11(5-7-12)14(18)19/h4-7,10H,2-3,8H2,1H3,(H,16,17). The largest absolute Gasteiger partial charge is 0.481 e. The van der Waals surface area contributed by atoms with Crippen LogP contribution in [0.5, 0.6) is 0 Å². The number of nitro groups is 1. The fourth-order valence-electron chi connectivity index (χ4n) is 1.79. The number of aliphatic carboxylic acids is 1. The van der Waals surface area contributed by atoms with E-state index in [4.69, 9.17) is 5.11 Å². The van der Waals surface area contributed by atoms with Gasteiger partial charge in [-0.05, 0) is 25.5 Å². The molecule has 1 rings (SSSR count). The number of hydrogen-bond donors (Lipinski definition) is 1. The van der Waals surface area contributed by atoms with Crippen molar-refractivity contribution in [3.63, 3.8) is 0 Å². The lowest BCUT2D eigenvalue weighted by molar-refractivity contribution is -0.384. The van der Waals surface area contributed by atoms with Gasteiger partial charge in [0.15, 0.2) is 9.84 Å². The number of hydrogen-bond acceptors (Lipinski definition) is 6. The second kappa shape index (κ2) is 7.12. The molecule has 0 aromatic heterocycles. The third kappa shape index (κ3) is 4.92. The molecule has 0 saturated heterocycles. The van der Waals surface area contributed by atoms with E-state index in [1.165, 1.54) is 6.92 Å². The average Bonchev–Trinajstić information content (AvgIpc) is 2.43. The number of non-ortho nitro benzene ring substituents is 1. The van der Waals surface area contributed by atoms with Gasteiger partial charge < -0.3 is 9.90 Å². The summed E-state index contributed by atoms with van der Waals surface area (Å²) >= 11 is 0. The fraction of sp³-hybridized carbons (Fsp3) is 0.385. The van der Waals surface area contributed by atoms with Gasteiger partial charge >= 0.3 is 5.97 Å². The molecule has 1 unspecified atom stereocenters. The monoisotopic (exact) mass is 329 g/mol. The highest BCUT2D eigenvalue weighted by Gasteiger charge is 2.27. The lowest BCUT2D eigenvalue weighted by Crippen LogP contribution is -2.24. The molecule has 8 nitrogen and oxygen atoms in total. The number of nitro benzene ring substituents is 1. The SMILES string of the molecule is CC(=O)CCC(CS(=O)(=O)c1ccc([N+](=O)[O-])cc1)C(=O)O. The van der Waals surface area contributed by atoms with Crippen LogP contribution < -0.4 is 0 Å². The van der Waals surface area contributed by atoms with E-state index >= 15 is 0 Å². The van der Waals surface area contributed by atoms with Gasteiger partial charge in [0, 0.05) is 18.6 Å². The molecule has 0 heterocycles. The Morgan fingerprint density at radius 2 is 1.82 bits per heavy atom. The molecule has 0 fully saturated rings. The number of nitrogens with zero attached hydrogens (tertiary/aromatic N) is 1. The fourth-order valence-corrected chi connectivity index (χ4v) is 3.37. The number of sulfone groups is 1. The zero-order valence-corrected chi connectivity index (χ0v) is 12.6. The molecule has 120 valence electrons. The highest BCUT2D eigenvalue weighted by atomic mass is 32.2. The van der Waals surface area contributed by atoms with Crippen molar-refractivity contribution in [3.8, 4) is 0 Å². The summed E-state index contributed by atoms with van der Waals surface area (Å²) in [5, 5.41) is 19.6. The number of rotatable bonds is 8. The Morgan fingerprint density at radius 1 is 1.27 bits per heavy atom. The molecule has 0 aliphatic carbocycles. The van der Waals surface area contributed by atoms with E-state index in [1.807, 2.05) is 0 Å². The minimum Gasteiger partial charge on any atom is -0.481 e. The highest BCUT2D eigenvalue weighted by Crippen LogP contribution is 2.20. The van der Waals surface area contributed by atoms with Gasteiger partial charge in [0.1, 0.15) is 5.78 Å². The molecule has 0 bridgehead atoms. The second-order valence-electron chi connectivity index (χ2n) is 4.81. The Morgan fingerprint density at radius 3 is 2.23 bits per heavy atom. The molecule has 9 heteroatoms. The number of carboxylic acids is 1. The summed E-state index contributed by atoms with van der Waals surface area (Å²) in [6.07, 6.45) is -0.0936. The van der Waals surface area contributed by atoms with Gasteiger partial charge in [0.2, 0.25) is 0 Å². The Balaban J connectivity index is 2.94. The summed E-state index contributed by atoms with van der Waals surface area (Å²) in [5.74, 6) is -3.39. The van der Waals surface area contributed by atoms with E-state index in [1.54, 1.807) is 0 Å². The van der Waals surface area contributed by atoms with Crippen LogP contribution in [0.3, 0.4) is 0 Å². The zero-order valence-electron chi connectivity index (χ0n) is 11.8. The first-order valence-electron chi connectivity index (χ1n) is 6.33. The number of carbonyl (C=O) groups is 2. The summed E-state index contributed by atoms with van der Waals surface area (Å²) in [7, 11) is -3.91. The molecule has 1 N–H and O–H groups in total. The summed E-state index contributed by atoms with van der Waals surface area (Å²) in [5.41, 5.74) is -0.259. The normalized spacial score (nSPS) is 12.6. The Hall–Kier alpha value is -2.29. The Bertz CT molecular complexity index is 679. The molecule has 22 heavy (non-hydrogen) atoms. The van der Waals surface area contributed by atoms with Gasteiger partial charge in [0.25, 0.3) is 5.69 Å². The summed E-state index contributed by atoms with van der Waals surface area (Å²) in [6.45, 7) is 1.30. The van der Waals surface area contributed by atoms with Crippen LogP contribution in [0.25, 0.3) is 0 Å². The van der Waals surface area contributed by atoms with Crippen LogP contribution in [-0.4, -0.2) is 36.0 Å². The van der Waals surface area contributed by atoms with Crippen molar-refractivity contribution in [2.75, 3.05) is 5.75 Å². The van der Waals surface area contributed by atoms with Crippen LogP contribution in [0.2, 0.25) is 0 Å². The molecular weight excluding hydrogens is 314 g/mol. The van der Waals surface area contributed by atoms with Gasteiger partial charge in [-0.2, -0.15) is 0 Å². The van der Waals surface area contributed by atoms with E-state index in [0.29, 0.717) is 0 Å². The van der Waals surface area contributed by atoms with Crippen molar-refractivity contribution in [3.05, 3.63) is 34.4 Å². The van der Waals surface area contributed by atoms with Gasteiger partial charge in [-0.1, -0.05) is 0 Å². The van der Waals surface area contributed by atoms with E-state index in [-0.39, 0.29) is 29.2 Å². The first-order chi connectivity index (χ1) is 10.1. The highest BCUT2D eigenvalue weighted by molar-refractivity contribution is 7.91. The molecule has 0 saturated carbocycles. The minimum atomic E-state index is -3.91. The maximum absolute atomic E-state index is 12.2. The predicted octanol–water partition coefficient (Wildman–Crippen LogP) is 1.44. The maximum Gasteiger partial charge on any atom is 0.307 e. The lowest BCUT2D eigenvalue weighted by Gasteiger charge is -2.12. The molecule has 1 aromatic rings. The smallest absolute Gasteiger partial charge is 0.307 e. The molecule has 0 aliphatic rings. The number of benzene rings is 1. The third-order valence-corrected chi connectivity index (χ3v) is 4.85. The minimum absolute atomic E-state index is 0.0211. The molecular formula is C13H15NO7S.